The van der Waals surface area contributed by atoms with Crippen molar-refractivity contribution in [3.8, 4) is 0 Å². The molecule has 3 N–H and O–H groups in total. The number of rotatable bonds is 3. The lowest BCUT2D eigenvalue weighted by Crippen LogP contribution is -2.63. The van der Waals surface area contributed by atoms with Crippen LogP contribution in [0.4, 0.5) is 14.5 Å². The van der Waals surface area contributed by atoms with Crippen molar-refractivity contribution in [2.24, 2.45) is 5.73 Å². The zero-order valence-corrected chi connectivity index (χ0v) is 13.2. The summed E-state index contributed by atoms with van der Waals surface area (Å²) in [5.74, 6) is -3.21. The first-order valence-electron chi connectivity index (χ1n) is 7.58. The highest BCUT2D eigenvalue weighted by Crippen LogP contribution is 2.34. The first-order chi connectivity index (χ1) is 11.3. The van der Waals surface area contributed by atoms with E-state index in [1.54, 1.807) is 13.8 Å². The van der Waals surface area contributed by atoms with Gasteiger partial charge in [-0.05, 0) is 19.9 Å². The molecule has 0 aliphatic carbocycles. The standard InChI is InChI=1S/C16H17F2N3O3/c1-3-20-5-9(16(23)24)15(22)8-4-10(17)14(12(18)13(8)20)21-6-11(19)7(21)2/h4-5,7,11H,3,6,19H2,1-2H3,(H,23,24). The van der Waals surface area contributed by atoms with Crippen LogP contribution in [-0.2, 0) is 6.54 Å². The van der Waals surface area contributed by atoms with Gasteiger partial charge in [0.2, 0.25) is 5.43 Å². The Hall–Kier alpha value is -2.48. The fourth-order valence-corrected chi connectivity index (χ4v) is 3.08. The monoisotopic (exact) mass is 337 g/mol. The van der Waals surface area contributed by atoms with E-state index in [-0.39, 0.29) is 35.2 Å². The van der Waals surface area contributed by atoms with Crippen LogP contribution in [0.1, 0.15) is 24.2 Å². The largest absolute Gasteiger partial charge is 0.477 e. The third kappa shape index (κ3) is 2.17. The maximum Gasteiger partial charge on any atom is 0.341 e. The first kappa shape index (κ1) is 16.4. The van der Waals surface area contributed by atoms with Gasteiger partial charge in [-0.3, -0.25) is 4.79 Å². The average Bonchev–Trinajstić information content (AvgIpc) is 2.54. The van der Waals surface area contributed by atoms with Crippen LogP contribution in [-0.4, -0.2) is 34.3 Å². The molecule has 0 amide bonds. The molecule has 2 aromatic rings. The number of anilines is 1. The molecule has 8 heteroatoms. The number of carboxylic acids is 1. The van der Waals surface area contributed by atoms with Gasteiger partial charge in [0, 0.05) is 31.4 Å². The van der Waals surface area contributed by atoms with Gasteiger partial charge in [0.15, 0.2) is 5.82 Å². The third-order valence-corrected chi connectivity index (χ3v) is 4.61. The normalized spacial score (nSPS) is 20.3. The number of nitrogens with two attached hydrogens (primary N) is 1. The maximum absolute atomic E-state index is 15.0. The highest BCUT2D eigenvalue weighted by atomic mass is 19.1. The average molecular weight is 337 g/mol. The minimum atomic E-state index is -1.43. The van der Waals surface area contributed by atoms with E-state index in [0.717, 1.165) is 12.3 Å². The Morgan fingerprint density at radius 3 is 2.62 bits per heavy atom. The van der Waals surface area contributed by atoms with Gasteiger partial charge < -0.3 is 20.3 Å². The van der Waals surface area contributed by atoms with E-state index in [4.69, 9.17) is 10.8 Å². The number of aryl methyl sites for hydroxylation is 1. The summed E-state index contributed by atoms with van der Waals surface area (Å²) in [6, 6.07) is 0.499. The van der Waals surface area contributed by atoms with Crippen LogP contribution in [0.2, 0.25) is 0 Å². The topological polar surface area (TPSA) is 88.6 Å². The number of halogens is 2. The number of hydrogen-bond acceptors (Lipinski definition) is 4. The number of hydrogen-bond donors (Lipinski definition) is 2. The summed E-state index contributed by atoms with van der Waals surface area (Å²) in [5, 5.41) is 8.83. The van der Waals surface area contributed by atoms with Crippen molar-refractivity contribution in [2.45, 2.75) is 32.5 Å². The van der Waals surface area contributed by atoms with Gasteiger partial charge >= 0.3 is 5.97 Å². The number of aromatic nitrogens is 1. The van der Waals surface area contributed by atoms with Crippen molar-refractivity contribution in [1.29, 1.82) is 0 Å². The predicted molar refractivity (Wildman–Crippen MR) is 85.5 cm³/mol. The Kier molecular flexibility index (Phi) is 3.79. The molecule has 0 spiro atoms. The molecule has 0 saturated carbocycles. The van der Waals surface area contributed by atoms with Crippen LogP contribution in [0.3, 0.4) is 0 Å². The molecule has 0 radical (unpaired) electrons. The molecule has 1 fully saturated rings. The molecule has 0 bridgehead atoms. The second-order valence-electron chi connectivity index (χ2n) is 5.94. The molecular weight excluding hydrogens is 320 g/mol. The van der Waals surface area contributed by atoms with Gasteiger partial charge in [0.05, 0.1) is 10.9 Å². The zero-order valence-electron chi connectivity index (χ0n) is 13.2. The Balaban J connectivity index is 2.35. The summed E-state index contributed by atoms with van der Waals surface area (Å²) >= 11 is 0. The molecule has 24 heavy (non-hydrogen) atoms. The van der Waals surface area contributed by atoms with Crippen LogP contribution in [0.5, 0.6) is 0 Å². The number of nitrogens with zero attached hydrogens (tertiary/aromatic N) is 2. The lowest BCUT2D eigenvalue weighted by Gasteiger charge is -2.46. The molecule has 1 aromatic carbocycles. The molecule has 1 aromatic heterocycles. The van der Waals surface area contributed by atoms with Gasteiger partial charge in [-0.2, -0.15) is 0 Å². The van der Waals surface area contributed by atoms with Crippen molar-refractivity contribution in [3.63, 3.8) is 0 Å². The van der Waals surface area contributed by atoms with Crippen molar-refractivity contribution >= 4 is 22.6 Å². The van der Waals surface area contributed by atoms with E-state index in [9.17, 15) is 14.0 Å². The fraction of sp³-hybridized carbons (Fsp3) is 0.375. The van der Waals surface area contributed by atoms with E-state index in [1.165, 1.54) is 9.47 Å². The van der Waals surface area contributed by atoms with Crippen LogP contribution >= 0.6 is 0 Å². The Morgan fingerprint density at radius 1 is 1.46 bits per heavy atom. The Labute approximate surface area is 136 Å². The van der Waals surface area contributed by atoms with E-state index >= 15 is 4.39 Å². The van der Waals surface area contributed by atoms with Gasteiger partial charge in [-0.25, -0.2) is 13.6 Å². The lowest BCUT2D eigenvalue weighted by atomic mass is 9.97. The minimum absolute atomic E-state index is 0.100. The number of carbonyl (C=O) groups is 1. The molecule has 2 atom stereocenters. The van der Waals surface area contributed by atoms with Gasteiger partial charge in [-0.15, -0.1) is 0 Å². The molecule has 1 aliphatic heterocycles. The molecule has 2 unspecified atom stereocenters. The summed E-state index contributed by atoms with van der Waals surface area (Å²) in [5.41, 5.74) is 4.03. The molecule has 6 nitrogen and oxygen atoms in total. The van der Waals surface area contributed by atoms with Crippen LogP contribution in [0.15, 0.2) is 17.1 Å². The maximum atomic E-state index is 15.0. The van der Waals surface area contributed by atoms with Crippen molar-refractivity contribution < 1.29 is 18.7 Å². The summed E-state index contributed by atoms with van der Waals surface area (Å²) < 4.78 is 30.8. The molecular formula is C16H17F2N3O3. The first-order valence-corrected chi connectivity index (χ1v) is 7.58. The van der Waals surface area contributed by atoms with Crippen molar-refractivity contribution in [1.82, 2.24) is 4.57 Å². The molecule has 128 valence electrons. The van der Waals surface area contributed by atoms with E-state index in [0.29, 0.717) is 6.54 Å². The Bertz CT molecular complexity index is 910. The molecule has 1 saturated heterocycles. The fourth-order valence-electron chi connectivity index (χ4n) is 3.08. The lowest BCUT2D eigenvalue weighted by molar-refractivity contribution is 0.0695. The van der Waals surface area contributed by atoms with Crippen LogP contribution < -0.4 is 16.1 Å². The van der Waals surface area contributed by atoms with Crippen molar-refractivity contribution in [3.05, 3.63) is 39.7 Å². The second kappa shape index (κ2) is 5.55. The zero-order chi connectivity index (χ0) is 17.8. The number of fused-ring (bicyclic) bond motifs is 1. The summed E-state index contributed by atoms with van der Waals surface area (Å²) in [7, 11) is 0. The Morgan fingerprint density at radius 2 is 2.12 bits per heavy atom. The van der Waals surface area contributed by atoms with E-state index in [1.807, 2.05) is 0 Å². The quantitative estimate of drug-likeness (QED) is 0.887. The highest BCUT2D eigenvalue weighted by molar-refractivity contribution is 5.94. The predicted octanol–water partition coefficient (Wildman–Crippen LogP) is 1.53. The van der Waals surface area contributed by atoms with E-state index in [2.05, 4.69) is 0 Å². The molecule has 2 heterocycles. The minimum Gasteiger partial charge on any atom is -0.477 e. The van der Waals surface area contributed by atoms with Crippen LogP contribution in [0.25, 0.3) is 10.9 Å². The van der Waals surface area contributed by atoms with Crippen molar-refractivity contribution in [2.75, 3.05) is 11.4 Å². The third-order valence-electron chi connectivity index (χ3n) is 4.61. The molecule has 1 aliphatic rings. The second-order valence-corrected chi connectivity index (χ2v) is 5.94. The van der Waals surface area contributed by atoms with Gasteiger partial charge in [-0.1, -0.05) is 0 Å². The smallest absolute Gasteiger partial charge is 0.341 e. The molecule has 3 rings (SSSR count). The SMILES string of the molecule is CCn1cc(C(=O)O)c(=O)c2cc(F)c(N3CC(N)C3C)c(F)c21. The highest BCUT2D eigenvalue weighted by Gasteiger charge is 2.37. The number of carboxylic acid groups (broad SMARTS) is 1. The van der Waals surface area contributed by atoms with Crippen LogP contribution in [0, 0.1) is 11.6 Å². The summed E-state index contributed by atoms with van der Waals surface area (Å²) in [6.07, 6.45) is 1.09. The number of aromatic carboxylic acids is 1. The summed E-state index contributed by atoms with van der Waals surface area (Å²) in [6.45, 7) is 3.98. The van der Waals surface area contributed by atoms with Gasteiger partial charge in [0.1, 0.15) is 17.1 Å². The van der Waals surface area contributed by atoms with E-state index < -0.39 is 28.6 Å². The summed E-state index contributed by atoms with van der Waals surface area (Å²) in [4.78, 5) is 25.0. The van der Waals surface area contributed by atoms with Gasteiger partial charge in [0.25, 0.3) is 0 Å². The number of pyridine rings is 1. The number of benzene rings is 1.